The number of aryl methyl sites for hydroxylation is 2. The van der Waals surface area contributed by atoms with Crippen LogP contribution >= 0.6 is 11.3 Å². The highest BCUT2D eigenvalue weighted by molar-refractivity contribution is 7.18. The Morgan fingerprint density at radius 2 is 1.81 bits per heavy atom. The summed E-state index contributed by atoms with van der Waals surface area (Å²) in [5.74, 6) is 1.93. The Morgan fingerprint density at radius 3 is 2.59 bits per heavy atom. The van der Waals surface area contributed by atoms with Crippen LogP contribution in [0.1, 0.15) is 30.4 Å². The second-order valence-corrected chi connectivity index (χ2v) is 9.39. The molecule has 5 nitrogen and oxygen atoms in total. The molecule has 3 aromatic heterocycles. The number of hydrogen-bond donors (Lipinski definition) is 1. The molecule has 4 heterocycles. The van der Waals surface area contributed by atoms with Crippen molar-refractivity contribution in [2.45, 2.75) is 38.6 Å². The molecule has 1 aliphatic rings. The van der Waals surface area contributed by atoms with Gasteiger partial charge in [-0.25, -0.2) is 9.97 Å². The monoisotopic (exact) mass is 443 g/mol. The second kappa shape index (κ2) is 9.76. The molecule has 1 saturated heterocycles. The number of benzene rings is 1. The number of hydrogen-bond acceptors (Lipinski definition) is 6. The van der Waals surface area contributed by atoms with Crippen LogP contribution < -0.4 is 10.2 Å². The Bertz CT molecular complexity index is 1150. The lowest BCUT2D eigenvalue weighted by Crippen LogP contribution is -2.43. The third-order valence-corrected chi connectivity index (χ3v) is 7.31. The number of nitrogens with zero attached hydrogens (tertiary/aromatic N) is 4. The first kappa shape index (κ1) is 21.0. The molecule has 1 fully saturated rings. The van der Waals surface area contributed by atoms with Gasteiger partial charge in [0.05, 0.1) is 10.2 Å². The largest absolute Gasteiger partial charge is 0.355 e. The summed E-state index contributed by atoms with van der Waals surface area (Å²) in [6.45, 7) is 5.26. The molecule has 4 aromatic rings. The summed E-state index contributed by atoms with van der Waals surface area (Å²) in [6.07, 6.45) is 8.30. The molecule has 0 aliphatic carbocycles. The highest BCUT2D eigenvalue weighted by atomic mass is 32.1. The van der Waals surface area contributed by atoms with E-state index in [2.05, 4.69) is 63.9 Å². The van der Waals surface area contributed by atoms with Gasteiger partial charge in [-0.2, -0.15) is 0 Å². The molecule has 164 valence electrons. The predicted octanol–water partition coefficient (Wildman–Crippen LogP) is 5.25. The van der Waals surface area contributed by atoms with Crippen LogP contribution in [0.3, 0.4) is 0 Å². The molecule has 0 atom stereocenters. The molecule has 0 spiro atoms. The van der Waals surface area contributed by atoms with Gasteiger partial charge in [-0.05, 0) is 67.8 Å². The second-order valence-electron chi connectivity index (χ2n) is 8.51. The summed E-state index contributed by atoms with van der Waals surface area (Å²) >= 11 is 1.77. The minimum Gasteiger partial charge on any atom is -0.355 e. The minimum absolute atomic E-state index is 0.583. The average Bonchev–Trinajstić information content (AvgIpc) is 3.23. The molecule has 5 rings (SSSR count). The van der Waals surface area contributed by atoms with Crippen LogP contribution in [-0.4, -0.2) is 40.6 Å². The molecule has 32 heavy (non-hydrogen) atoms. The fraction of sp³-hybridized carbons (Fsp3) is 0.346. The highest BCUT2D eigenvalue weighted by Gasteiger charge is 2.23. The summed E-state index contributed by atoms with van der Waals surface area (Å²) in [5, 5.41) is 5.97. The van der Waals surface area contributed by atoms with Crippen LogP contribution in [0.2, 0.25) is 0 Å². The average molecular weight is 444 g/mol. The van der Waals surface area contributed by atoms with Crippen molar-refractivity contribution in [2.75, 3.05) is 24.5 Å². The lowest BCUT2D eigenvalue weighted by molar-refractivity contribution is 0.412. The van der Waals surface area contributed by atoms with Crippen molar-refractivity contribution in [1.29, 1.82) is 0 Å². The molecule has 0 amide bonds. The SMILES string of the molecule is Cc1csc2c(N3CCC(NCCCc4ccncc4)CC3)nc(-c3ccccc3)nc12. The van der Waals surface area contributed by atoms with Crippen molar-refractivity contribution in [3.05, 3.63) is 71.4 Å². The number of nitrogens with one attached hydrogen (secondary N) is 1. The van der Waals surface area contributed by atoms with Crippen LogP contribution in [-0.2, 0) is 6.42 Å². The Kier molecular flexibility index (Phi) is 6.41. The van der Waals surface area contributed by atoms with Gasteiger partial charge in [0.15, 0.2) is 11.6 Å². The van der Waals surface area contributed by atoms with Gasteiger partial charge in [0.25, 0.3) is 0 Å². The third kappa shape index (κ3) is 4.66. The van der Waals surface area contributed by atoms with E-state index < -0.39 is 0 Å². The Balaban J connectivity index is 1.24. The maximum absolute atomic E-state index is 5.04. The van der Waals surface area contributed by atoms with Crippen molar-refractivity contribution in [3.63, 3.8) is 0 Å². The lowest BCUT2D eigenvalue weighted by Gasteiger charge is -2.33. The van der Waals surface area contributed by atoms with Gasteiger partial charge in [-0.3, -0.25) is 4.98 Å². The Morgan fingerprint density at radius 1 is 1.03 bits per heavy atom. The van der Waals surface area contributed by atoms with E-state index in [1.54, 1.807) is 11.3 Å². The van der Waals surface area contributed by atoms with E-state index in [1.165, 1.54) is 15.8 Å². The van der Waals surface area contributed by atoms with E-state index in [4.69, 9.17) is 9.97 Å². The van der Waals surface area contributed by atoms with Crippen LogP contribution in [0.4, 0.5) is 5.82 Å². The number of piperidine rings is 1. The van der Waals surface area contributed by atoms with Crippen LogP contribution in [0.15, 0.2) is 60.2 Å². The van der Waals surface area contributed by atoms with Gasteiger partial charge in [0.2, 0.25) is 0 Å². The van der Waals surface area contributed by atoms with E-state index in [0.717, 1.165) is 68.0 Å². The minimum atomic E-state index is 0.583. The zero-order chi connectivity index (χ0) is 21.8. The normalized spacial score (nSPS) is 14.8. The third-order valence-electron chi connectivity index (χ3n) is 6.23. The quantitative estimate of drug-likeness (QED) is 0.395. The summed E-state index contributed by atoms with van der Waals surface area (Å²) in [7, 11) is 0. The van der Waals surface area contributed by atoms with E-state index >= 15 is 0 Å². The molecule has 1 aromatic carbocycles. The van der Waals surface area contributed by atoms with Crippen LogP contribution in [0.25, 0.3) is 21.6 Å². The number of aromatic nitrogens is 3. The molecular weight excluding hydrogens is 414 g/mol. The van der Waals surface area contributed by atoms with Gasteiger partial charge in [0.1, 0.15) is 0 Å². The fourth-order valence-electron chi connectivity index (χ4n) is 4.39. The van der Waals surface area contributed by atoms with Crippen molar-refractivity contribution >= 4 is 27.4 Å². The van der Waals surface area contributed by atoms with Gasteiger partial charge in [-0.15, -0.1) is 11.3 Å². The van der Waals surface area contributed by atoms with Gasteiger partial charge >= 0.3 is 0 Å². The molecule has 1 N–H and O–H groups in total. The van der Waals surface area contributed by atoms with E-state index in [9.17, 15) is 0 Å². The zero-order valence-electron chi connectivity index (χ0n) is 18.5. The first-order valence-electron chi connectivity index (χ1n) is 11.5. The molecular formula is C26H29N5S. The number of pyridine rings is 1. The van der Waals surface area contributed by atoms with Crippen molar-refractivity contribution in [1.82, 2.24) is 20.3 Å². The number of anilines is 1. The molecule has 0 unspecified atom stereocenters. The van der Waals surface area contributed by atoms with E-state index in [1.807, 2.05) is 18.5 Å². The topological polar surface area (TPSA) is 53.9 Å². The van der Waals surface area contributed by atoms with Crippen molar-refractivity contribution in [2.24, 2.45) is 0 Å². The maximum Gasteiger partial charge on any atom is 0.162 e. The lowest BCUT2D eigenvalue weighted by atomic mass is 10.0. The summed E-state index contributed by atoms with van der Waals surface area (Å²) in [5.41, 5.74) is 4.77. The standard InChI is InChI=1S/C26H29N5S/c1-19-18-32-24-23(19)29-25(21-7-3-2-4-8-21)30-26(24)31-16-11-22(12-17-31)28-13-5-6-20-9-14-27-15-10-20/h2-4,7-10,14-15,18,22,28H,5-6,11-13,16-17H2,1H3. The highest BCUT2D eigenvalue weighted by Crippen LogP contribution is 2.35. The van der Waals surface area contributed by atoms with E-state index in [0.29, 0.717) is 6.04 Å². The first-order chi connectivity index (χ1) is 15.8. The molecule has 0 radical (unpaired) electrons. The summed E-state index contributed by atoms with van der Waals surface area (Å²) < 4.78 is 1.21. The molecule has 6 heteroatoms. The predicted molar refractivity (Wildman–Crippen MR) is 133 cm³/mol. The number of rotatable bonds is 7. The summed E-state index contributed by atoms with van der Waals surface area (Å²) in [6, 6.07) is 15.1. The number of fused-ring (bicyclic) bond motifs is 1. The van der Waals surface area contributed by atoms with Gasteiger partial charge in [-0.1, -0.05) is 30.3 Å². The Hall–Kier alpha value is -2.83. The maximum atomic E-state index is 5.04. The molecule has 0 saturated carbocycles. The van der Waals surface area contributed by atoms with Crippen LogP contribution in [0, 0.1) is 6.92 Å². The zero-order valence-corrected chi connectivity index (χ0v) is 19.3. The smallest absolute Gasteiger partial charge is 0.162 e. The Labute approximate surface area is 193 Å². The van der Waals surface area contributed by atoms with Gasteiger partial charge < -0.3 is 10.2 Å². The van der Waals surface area contributed by atoms with Gasteiger partial charge in [0, 0.05) is 37.1 Å². The van der Waals surface area contributed by atoms with Crippen LogP contribution in [0.5, 0.6) is 0 Å². The van der Waals surface area contributed by atoms with Crippen molar-refractivity contribution in [3.8, 4) is 11.4 Å². The molecule has 1 aliphatic heterocycles. The van der Waals surface area contributed by atoms with E-state index in [-0.39, 0.29) is 0 Å². The summed E-state index contributed by atoms with van der Waals surface area (Å²) in [4.78, 5) is 16.5. The first-order valence-corrected chi connectivity index (χ1v) is 12.3. The molecule has 0 bridgehead atoms. The number of thiophene rings is 1. The van der Waals surface area contributed by atoms with Crippen molar-refractivity contribution < 1.29 is 0 Å². The fourth-order valence-corrected chi connectivity index (χ4v) is 5.40.